The van der Waals surface area contributed by atoms with Gasteiger partial charge in [0.15, 0.2) is 0 Å². The molecule has 0 aliphatic carbocycles. The minimum Gasteiger partial charge on any atom is -0.467 e. The van der Waals surface area contributed by atoms with Crippen LogP contribution in [0.4, 0.5) is 15.5 Å². The number of primary amides is 1. The van der Waals surface area contributed by atoms with Crippen molar-refractivity contribution in [3.63, 3.8) is 0 Å². The van der Waals surface area contributed by atoms with Gasteiger partial charge in [0.2, 0.25) is 5.95 Å². The number of ether oxygens (including phenoxy) is 2. The van der Waals surface area contributed by atoms with Crippen molar-refractivity contribution in [2.24, 2.45) is 10.9 Å². The van der Waals surface area contributed by atoms with Gasteiger partial charge in [-0.3, -0.25) is 15.2 Å². The van der Waals surface area contributed by atoms with E-state index in [9.17, 15) is 22.8 Å². The number of nitrogens with two attached hydrogens (primary N) is 2. The van der Waals surface area contributed by atoms with E-state index >= 15 is 0 Å². The Kier molecular flexibility index (Phi) is 10.1. The zero-order valence-corrected chi connectivity index (χ0v) is 18.6. The summed E-state index contributed by atoms with van der Waals surface area (Å²) in [6, 6.07) is 3.49. The molecule has 0 bridgehead atoms. The number of aryl methyl sites for hydroxylation is 1. The lowest BCUT2D eigenvalue weighted by Crippen LogP contribution is -2.35. The van der Waals surface area contributed by atoms with E-state index in [0.29, 0.717) is 12.1 Å². The molecule has 0 spiro atoms. The van der Waals surface area contributed by atoms with Crippen LogP contribution in [0.25, 0.3) is 0 Å². The molecule has 15 nitrogen and oxygen atoms in total. The summed E-state index contributed by atoms with van der Waals surface area (Å²) in [4.78, 5) is 44.4. The number of nitrogens with one attached hydrogen (secondary N) is 3. The number of carbonyl (C=O) groups is 3. The number of esters is 1. The number of carbonyl (C=O) groups excluding carboxylic acids is 3. The van der Waals surface area contributed by atoms with Gasteiger partial charge < -0.3 is 15.2 Å². The van der Waals surface area contributed by atoms with Crippen molar-refractivity contribution < 1.29 is 32.3 Å². The minimum absolute atomic E-state index is 0.0494. The van der Waals surface area contributed by atoms with Gasteiger partial charge in [0.25, 0.3) is 10.0 Å². The number of urea groups is 2. The fourth-order valence-electron chi connectivity index (χ4n) is 1.95. The third kappa shape index (κ3) is 8.20. The van der Waals surface area contributed by atoms with Crippen LogP contribution < -0.4 is 30.4 Å². The molecule has 1 aromatic carbocycles. The second-order valence-electron chi connectivity index (χ2n) is 5.32. The van der Waals surface area contributed by atoms with Crippen LogP contribution in [0.5, 0.6) is 6.01 Å². The summed E-state index contributed by atoms with van der Waals surface area (Å²) in [5, 5.41) is 6.89. The number of anilines is 1. The standard InChI is InChI=1S/C14H15N5O6S.CH5N3OS/c1-8-15-12(18-14(16-8)25-3)17-13(21)19-26(22,23)10-7-5-4-6-9(10)11(20)24-2;2-1(5)4-6-3/h4-7H,1-3H3,(H2,15,16,17,18,19,21);3H2,(H3,2,4,5). The second-order valence-corrected chi connectivity index (χ2v) is 7.42. The first kappa shape index (κ1) is 26.3. The summed E-state index contributed by atoms with van der Waals surface area (Å²) >= 11 is 0.685. The van der Waals surface area contributed by atoms with Crippen molar-refractivity contribution in [1.82, 2.24) is 24.4 Å². The molecule has 4 amide bonds. The zero-order valence-electron chi connectivity index (χ0n) is 17.0. The normalized spacial score (nSPS) is 10.1. The number of hydrogen-bond donors (Lipinski definition) is 5. The zero-order chi connectivity index (χ0) is 24.3. The highest BCUT2D eigenvalue weighted by atomic mass is 32.2. The second kappa shape index (κ2) is 12.2. The maximum atomic E-state index is 12.4. The average Bonchev–Trinajstić information content (AvgIpc) is 2.72. The summed E-state index contributed by atoms with van der Waals surface area (Å²) in [7, 11) is -1.92. The summed E-state index contributed by atoms with van der Waals surface area (Å²) in [6.45, 7) is 1.54. The van der Waals surface area contributed by atoms with Crippen LogP contribution in [0.1, 0.15) is 16.2 Å². The van der Waals surface area contributed by atoms with Crippen molar-refractivity contribution in [2.45, 2.75) is 11.8 Å². The smallest absolute Gasteiger partial charge is 0.339 e. The lowest BCUT2D eigenvalue weighted by atomic mass is 10.2. The highest BCUT2D eigenvalue weighted by molar-refractivity contribution is 7.95. The molecule has 0 unspecified atom stereocenters. The third-order valence-electron chi connectivity index (χ3n) is 3.10. The van der Waals surface area contributed by atoms with Gasteiger partial charge in [-0.25, -0.2) is 27.5 Å². The van der Waals surface area contributed by atoms with Gasteiger partial charge >= 0.3 is 24.0 Å². The van der Waals surface area contributed by atoms with E-state index in [2.05, 4.69) is 30.7 Å². The van der Waals surface area contributed by atoms with Crippen LogP contribution in [0.15, 0.2) is 29.2 Å². The van der Waals surface area contributed by atoms with E-state index in [1.807, 2.05) is 4.72 Å². The molecule has 2 rings (SSSR count). The molecular formula is C15H20N8O7S2. The van der Waals surface area contributed by atoms with Gasteiger partial charge in [0, 0.05) is 12.1 Å². The Bertz CT molecular complexity index is 1080. The van der Waals surface area contributed by atoms with E-state index in [1.165, 1.54) is 32.2 Å². The lowest BCUT2D eigenvalue weighted by molar-refractivity contribution is 0.0596. The number of methoxy groups -OCH3 is 2. The summed E-state index contributed by atoms with van der Waals surface area (Å²) in [6.07, 6.45) is 0. The van der Waals surface area contributed by atoms with Gasteiger partial charge in [0.1, 0.15) is 10.7 Å². The van der Waals surface area contributed by atoms with Crippen molar-refractivity contribution in [1.29, 1.82) is 0 Å². The molecule has 7 N–H and O–H groups in total. The molecule has 0 saturated heterocycles. The molecule has 17 heteroatoms. The van der Waals surface area contributed by atoms with Crippen LogP contribution in [-0.2, 0) is 14.8 Å². The Hall–Kier alpha value is -3.70. The van der Waals surface area contributed by atoms with Crippen LogP contribution in [-0.4, -0.2) is 55.6 Å². The van der Waals surface area contributed by atoms with Crippen LogP contribution in [0.3, 0.4) is 0 Å². The molecule has 2 aromatic rings. The predicted molar refractivity (Wildman–Crippen MR) is 113 cm³/mol. The topological polar surface area (TPSA) is 231 Å². The van der Waals surface area contributed by atoms with Gasteiger partial charge in [0.05, 0.1) is 19.8 Å². The molecule has 0 radical (unpaired) electrons. The van der Waals surface area contributed by atoms with Crippen molar-refractivity contribution in [3.8, 4) is 6.01 Å². The number of amides is 4. The molecule has 0 saturated carbocycles. The van der Waals surface area contributed by atoms with Gasteiger partial charge in [-0.1, -0.05) is 12.1 Å². The number of nitrogens with zero attached hydrogens (tertiary/aromatic N) is 3. The minimum atomic E-state index is -4.36. The van der Waals surface area contributed by atoms with E-state index < -0.39 is 33.0 Å². The summed E-state index contributed by atoms with van der Waals surface area (Å²) in [5.41, 5.74) is 4.34. The van der Waals surface area contributed by atoms with Crippen LogP contribution in [0, 0.1) is 6.92 Å². The number of sulfonamides is 1. The van der Waals surface area contributed by atoms with Crippen molar-refractivity contribution in [2.75, 3.05) is 19.5 Å². The largest absolute Gasteiger partial charge is 0.467 e. The first-order chi connectivity index (χ1) is 15.0. The molecule has 174 valence electrons. The highest BCUT2D eigenvalue weighted by Crippen LogP contribution is 2.16. The first-order valence-electron chi connectivity index (χ1n) is 8.23. The predicted octanol–water partition coefficient (Wildman–Crippen LogP) is -0.338. The molecular weight excluding hydrogens is 468 g/mol. The quantitative estimate of drug-likeness (QED) is 0.260. The molecule has 0 atom stereocenters. The molecule has 0 aliphatic heterocycles. The Morgan fingerprint density at radius 2 is 1.75 bits per heavy atom. The highest BCUT2D eigenvalue weighted by Gasteiger charge is 2.25. The number of benzene rings is 1. The summed E-state index contributed by atoms with van der Waals surface area (Å²) < 4.78 is 38.0. The fourth-order valence-corrected chi connectivity index (χ4v) is 3.17. The van der Waals surface area contributed by atoms with Gasteiger partial charge in [-0.15, -0.1) is 0 Å². The maximum Gasteiger partial charge on any atom is 0.339 e. The monoisotopic (exact) mass is 488 g/mol. The Morgan fingerprint density at radius 3 is 2.28 bits per heavy atom. The van der Waals surface area contributed by atoms with E-state index in [1.54, 1.807) is 4.72 Å². The number of aromatic nitrogens is 3. The van der Waals surface area contributed by atoms with E-state index in [4.69, 9.17) is 9.88 Å². The third-order valence-corrected chi connectivity index (χ3v) is 4.81. The SMILES string of the molecule is COC(=O)c1ccccc1S(=O)(=O)NC(=O)Nc1nc(C)nc(OC)n1.NSNC(N)=O. The molecule has 1 heterocycles. The Balaban J connectivity index is 0.000000751. The first-order valence-corrected chi connectivity index (χ1v) is 10.6. The fraction of sp³-hybridized carbons (Fsp3) is 0.200. The molecule has 32 heavy (non-hydrogen) atoms. The number of hydrogen-bond acceptors (Lipinski definition) is 12. The maximum absolute atomic E-state index is 12.4. The Labute approximate surface area is 187 Å². The summed E-state index contributed by atoms with van der Waals surface area (Å²) in [5.74, 6) is -0.807. The van der Waals surface area contributed by atoms with Gasteiger partial charge in [-0.05, 0) is 19.1 Å². The lowest BCUT2D eigenvalue weighted by Gasteiger charge is -2.11. The van der Waals surface area contributed by atoms with Gasteiger partial charge in [-0.2, -0.15) is 15.0 Å². The van der Waals surface area contributed by atoms with E-state index in [0.717, 1.165) is 13.2 Å². The number of rotatable bonds is 6. The van der Waals surface area contributed by atoms with E-state index in [-0.39, 0.29) is 23.3 Å². The van der Waals surface area contributed by atoms with Crippen LogP contribution in [0.2, 0.25) is 0 Å². The molecule has 0 fully saturated rings. The average molecular weight is 489 g/mol. The molecule has 1 aromatic heterocycles. The van der Waals surface area contributed by atoms with Crippen molar-refractivity contribution >= 4 is 46.1 Å². The Morgan fingerprint density at radius 1 is 1.09 bits per heavy atom. The van der Waals surface area contributed by atoms with Crippen LogP contribution >= 0.6 is 12.1 Å². The molecule has 0 aliphatic rings. The van der Waals surface area contributed by atoms with Crippen molar-refractivity contribution in [3.05, 3.63) is 35.7 Å².